The van der Waals surface area contributed by atoms with Crippen LogP contribution in [0.5, 0.6) is 0 Å². The molecule has 0 saturated carbocycles. The fraction of sp³-hybridized carbons (Fsp3) is 0. The van der Waals surface area contributed by atoms with Crippen LogP contribution in [0.15, 0.2) is 54.6 Å². The number of amides is 1. The summed E-state index contributed by atoms with van der Waals surface area (Å²) in [5.74, 6) is -0.302. The van der Waals surface area contributed by atoms with Crippen molar-refractivity contribution in [3.05, 3.63) is 60.2 Å². The Morgan fingerprint density at radius 2 is 1.36 bits per heavy atom. The van der Waals surface area contributed by atoms with Gasteiger partial charge >= 0.3 is 0 Å². The van der Waals surface area contributed by atoms with Crippen LogP contribution in [0.3, 0.4) is 0 Å². The number of rotatable bonds is 1. The van der Waals surface area contributed by atoms with Gasteiger partial charge in [-0.3, -0.25) is 4.79 Å². The van der Waals surface area contributed by atoms with E-state index in [2.05, 4.69) is 5.23 Å². The van der Waals surface area contributed by atoms with Gasteiger partial charge in [0.05, 0.1) is 0 Å². The van der Waals surface area contributed by atoms with Crippen molar-refractivity contribution in [2.75, 3.05) is 0 Å². The van der Waals surface area contributed by atoms with Crippen LogP contribution in [-0.2, 0) is 0 Å². The number of carbonyl (C=O) groups excluding carboxylic acids is 1. The standard InChI is InChI=1S/C11H10BNO/c12-13-11(14)10-8-6-4-2-1-3-5-7-9-10/h1-9H,(H,13,14). The van der Waals surface area contributed by atoms with E-state index in [-0.39, 0.29) is 5.91 Å². The topological polar surface area (TPSA) is 29.1 Å². The molecule has 0 aliphatic heterocycles. The van der Waals surface area contributed by atoms with Crippen molar-refractivity contribution >= 4 is 13.9 Å². The summed E-state index contributed by atoms with van der Waals surface area (Å²) in [7, 11) is 5.03. The molecule has 0 heterocycles. The first-order valence-electron chi connectivity index (χ1n) is 4.24. The van der Waals surface area contributed by atoms with Crippen molar-refractivity contribution in [2.45, 2.75) is 0 Å². The van der Waals surface area contributed by atoms with Gasteiger partial charge in [0.2, 0.25) is 13.9 Å². The molecule has 1 amide bonds. The second-order valence-electron chi connectivity index (χ2n) is 2.61. The van der Waals surface area contributed by atoms with Crippen molar-refractivity contribution in [1.29, 1.82) is 0 Å². The predicted octanol–water partition coefficient (Wildman–Crippen LogP) is 1.62. The molecule has 0 fully saturated rings. The molecule has 0 bridgehead atoms. The summed E-state index contributed by atoms with van der Waals surface area (Å²) in [5.41, 5.74) is 0.517. The van der Waals surface area contributed by atoms with E-state index in [1.165, 1.54) is 0 Å². The number of nitrogens with one attached hydrogen (secondary N) is 1. The van der Waals surface area contributed by atoms with Crippen LogP contribution in [0.25, 0.3) is 0 Å². The Labute approximate surface area is 84.7 Å². The van der Waals surface area contributed by atoms with Gasteiger partial charge < -0.3 is 5.23 Å². The second-order valence-corrected chi connectivity index (χ2v) is 2.61. The number of hydrogen-bond donors (Lipinski definition) is 1. The largest absolute Gasteiger partial charge is 0.405 e. The van der Waals surface area contributed by atoms with Gasteiger partial charge in [-0.25, -0.2) is 0 Å². The van der Waals surface area contributed by atoms with Crippen LogP contribution < -0.4 is 5.23 Å². The van der Waals surface area contributed by atoms with E-state index >= 15 is 0 Å². The van der Waals surface area contributed by atoms with E-state index in [4.69, 9.17) is 7.98 Å². The van der Waals surface area contributed by atoms with Gasteiger partial charge in [-0.1, -0.05) is 42.5 Å². The average molecular weight is 183 g/mol. The van der Waals surface area contributed by atoms with Crippen LogP contribution in [0.1, 0.15) is 10.4 Å². The van der Waals surface area contributed by atoms with Crippen LogP contribution in [0.2, 0.25) is 0 Å². The van der Waals surface area contributed by atoms with Crippen LogP contribution in [0, 0.1) is 0 Å². The first-order chi connectivity index (χ1) is 6.84. The molecule has 14 heavy (non-hydrogen) atoms. The smallest absolute Gasteiger partial charge is 0.238 e. The Hall–Kier alpha value is -1.77. The highest BCUT2D eigenvalue weighted by Gasteiger charge is 1.96. The molecule has 1 aromatic rings. The predicted molar refractivity (Wildman–Crippen MR) is 57.3 cm³/mol. The summed E-state index contributed by atoms with van der Waals surface area (Å²) in [6.45, 7) is 0. The fourth-order valence-electron chi connectivity index (χ4n) is 0.929. The SMILES string of the molecule is [B]NC(=O)c1ccccccccc1. The summed E-state index contributed by atoms with van der Waals surface area (Å²) < 4.78 is 0. The summed E-state index contributed by atoms with van der Waals surface area (Å²) in [6.07, 6.45) is 0. The molecule has 0 aromatic heterocycles. The van der Waals surface area contributed by atoms with Crippen molar-refractivity contribution in [1.82, 2.24) is 5.23 Å². The first-order valence-corrected chi connectivity index (χ1v) is 4.24. The molecular weight excluding hydrogens is 173 g/mol. The molecule has 0 aliphatic rings. The average Bonchev–Trinajstić information content (AvgIpc) is 2.24. The molecule has 2 radical (unpaired) electrons. The highest BCUT2D eigenvalue weighted by atomic mass is 16.1. The van der Waals surface area contributed by atoms with Crippen LogP contribution in [-0.4, -0.2) is 13.9 Å². The van der Waals surface area contributed by atoms with Gasteiger partial charge in [-0.2, -0.15) is 0 Å². The van der Waals surface area contributed by atoms with E-state index in [0.29, 0.717) is 5.56 Å². The molecule has 0 aliphatic carbocycles. The van der Waals surface area contributed by atoms with Gasteiger partial charge in [0.25, 0.3) is 0 Å². The van der Waals surface area contributed by atoms with Crippen molar-refractivity contribution < 1.29 is 4.79 Å². The van der Waals surface area contributed by atoms with Gasteiger partial charge in [-0.15, -0.1) is 0 Å². The quantitative estimate of drug-likeness (QED) is 0.658. The van der Waals surface area contributed by atoms with Crippen molar-refractivity contribution in [3.8, 4) is 0 Å². The lowest BCUT2D eigenvalue weighted by Gasteiger charge is -1.95. The van der Waals surface area contributed by atoms with Gasteiger partial charge in [-0.05, 0) is 12.1 Å². The Bertz CT molecular complexity index is 339. The zero-order valence-corrected chi connectivity index (χ0v) is 7.68. The Morgan fingerprint density at radius 1 is 0.929 bits per heavy atom. The van der Waals surface area contributed by atoms with Crippen LogP contribution in [0.4, 0.5) is 0 Å². The lowest BCUT2D eigenvalue weighted by Crippen LogP contribution is -2.18. The second kappa shape index (κ2) is 5.81. The molecule has 68 valence electrons. The zero-order chi connectivity index (χ0) is 10.2. The molecule has 3 heteroatoms. The maximum atomic E-state index is 11.2. The molecule has 1 rings (SSSR count). The lowest BCUT2D eigenvalue weighted by atomic mass is 10.2. The molecule has 0 spiro atoms. The fourth-order valence-corrected chi connectivity index (χ4v) is 0.929. The van der Waals surface area contributed by atoms with E-state index in [0.717, 1.165) is 0 Å². The molecule has 1 N–H and O–H groups in total. The molecular formula is C11H10BNO. The summed E-state index contributed by atoms with van der Waals surface area (Å²) >= 11 is 0. The summed E-state index contributed by atoms with van der Waals surface area (Å²) in [5, 5.41) is 2.08. The Morgan fingerprint density at radius 3 is 1.79 bits per heavy atom. The van der Waals surface area contributed by atoms with Crippen LogP contribution >= 0.6 is 0 Å². The minimum atomic E-state index is -0.302. The Kier molecular flexibility index (Phi) is 4.28. The molecule has 2 nitrogen and oxygen atoms in total. The Balaban J connectivity index is 3.13. The molecule has 0 unspecified atom stereocenters. The van der Waals surface area contributed by atoms with Gasteiger partial charge in [0.1, 0.15) is 0 Å². The van der Waals surface area contributed by atoms with E-state index in [1.54, 1.807) is 24.3 Å². The molecule has 0 atom stereocenters. The third kappa shape index (κ3) is 3.31. The number of hydrogen-bond acceptors (Lipinski definition) is 1. The number of carbonyl (C=O) groups is 1. The first kappa shape index (κ1) is 10.3. The lowest BCUT2D eigenvalue weighted by molar-refractivity contribution is 0.0981. The van der Waals surface area contributed by atoms with Crippen molar-refractivity contribution in [2.24, 2.45) is 0 Å². The van der Waals surface area contributed by atoms with E-state index in [9.17, 15) is 4.79 Å². The highest BCUT2D eigenvalue weighted by Crippen LogP contribution is 1.93. The zero-order valence-electron chi connectivity index (χ0n) is 7.68. The maximum Gasteiger partial charge on any atom is 0.238 e. The monoisotopic (exact) mass is 183 g/mol. The minimum absolute atomic E-state index is 0.302. The third-order valence-electron chi connectivity index (χ3n) is 1.61. The normalized spacial score (nSPS) is 8.57. The van der Waals surface area contributed by atoms with E-state index in [1.807, 2.05) is 30.3 Å². The summed E-state index contributed by atoms with van der Waals surface area (Å²) in [6, 6.07) is 16.3. The highest BCUT2D eigenvalue weighted by molar-refractivity contribution is 6.18. The molecule has 0 saturated heterocycles. The van der Waals surface area contributed by atoms with E-state index < -0.39 is 0 Å². The minimum Gasteiger partial charge on any atom is -0.405 e. The maximum absolute atomic E-state index is 11.2. The van der Waals surface area contributed by atoms with Crippen molar-refractivity contribution in [3.63, 3.8) is 0 Å². The summed E-state index contributed by atoms with van der Waals surface area (Å²) in [4.78, 5) is 11.2. The molecule has 1 aromatic carbocycles. The third-order valence-corrected chi connectivity index (χ3v) is 1.61. The van der Waals surface area contributed by atoms with Gasteiger partial charge in [0.15, 0.2) is 0 Å². The van der Waals surface area contributed by atoms with Gasteiger partial charge in [0, 0.05) is 5.56 Å².